The van der Waals surface area contributed by atoms with Gasteiger partial charge in [0.15, 0.2) is 0 Å². The van der Waals surface area contributed by atoms with Crippen molar-refractivity contribution >= 4 is 16.6 Å². The molecule has 4 rings (SSSR count). The van der Waals surface area contributed by atoms with Crippen LogP contribution in [-0.2, 0) is 4.74 Å². The lowest BCUT2D eigenvalue weighted by atomic mass is 9.95. The first-order chi connectivity index (χ1) is 14.2. The molecule has 0 saturated carbocycles. The minimum Gasteiger partial charge on any atom is -0.435 e. The fraction of sp³-hybridized carbons (Fsp3) is 0.273. The molecule has 2 heterocycles. The molecule has 0 bridgehead atoms. The molecule has 3 aromatic rings. The number of halogens is 2. The van der Waals surface area contributed by atoms with Crippen molar-refractivity contribution in [1.82, 2.24) is 4.98 Å². The fourth-order valence-electron chi connectivity index (χ4n) is 3.71. The zero-order valence-electron chi connectivity index (χ0n) is 15.5. The van der Waals surface area contributed by atoms with Gasteiger partial charge in [0.2, 0.25) is 0 Å². The second kappa shape index (κ2) is 8.41. The number of alkyl halides is 2. The lowest BCUT2D eigenvalue weighted by Crippen LogP contribution is -2.18. The number of nitrogens with zero attached hydrogens (tertiary/aromatic N) is 2. The van der Waals surface area contributed by atoms with Gasteiger partial charge >= 0.3 is 6.61 Å². The monoisotopic (exact) mass is 395 g/mol. The van der Waals surface area contributed by atoms with Crippen molar-refractivity contribution in [3.05, 3.63) is 65.9 Å². The first kappa shape index (κ1) is 19.1. The Morgan fingerprint density at radius 1 is 1.24 bits per heavy atom. The minimum absolute atomic E-state index is 0.0267. The second-order valence-corrected chi connectivity index (χ2v) is 6.85. The quantitative estimate of drug-likeness (QED) is 0.643. The van der Waals surface area contributed by atoms with Crippen LogP contribution in [0.3, 0.4) is 0 Å². The van der Waals surface area contributed by atoms with Crippen molar-refractivity contribution < 1.29 is 18.3 Å². The van der Waals surface area contributed by atoms with E-state index in [9.17, 15) is 14.0 Å². The molecule has 0 radical (unpaired) electrons. The van der Waals surface area contributed by atoms with Gasteiger partial charge in [-0.15, -0.1) is 0 Å². The van der Waals surface area contributed by atoms with Gasteiger partial charge in [0.25, 0.3) is 0 Å². The zero-order valence-corrected chi connectivity index (χ0v) is 15.5. The third kappa shape index (κ3) is 4.13. The smallest absolute Gasteiger partial charge is 0.387 e. The molecule has 5 nitrogen and oxygen atoms in total. The molecule has 1 saturated heterocycles. The minimum atomic E-state index is -2.92. The number of hydrogen-bond acceptors (Lipinski definition) is 5. The van der Waals surface area contributed by atoms with Crippen molar-refractivity contribution in [3.8, 4) is 11.8 Å². The number of ether oxygens (including phenoxy) is 2. The van der Waals surface area contributed by atoms with Gasteiger partial charge in [0.1, 0.15) is 11.8 Å². The third-order valence-corrected chi connectivity index (χ3v) is 5.07. The molecule has 1 aliphatic heterocycles. The predicted octanol–water partition coefficient (Wildman–Crippen LogP) is 4.90. The maximum Gasteiger partial charge on any atom is 0.387 e. The third-order valence-electron chi connectivity index (χ3n) is 5.07. The second-order valence-electron chi connectivity index (χ2n) is 6.85. The number of pyridine rings is 1. The Hall–Kier alpha value is -3.24. The summed E-state index contributed by atoms with van der Waals surface area (Å²) in [4.78, 5) is 4.24. The van der Waals surface area contributed by atoms with Gasteiger partial charge in [-0.1, -0.05) is 30.3 Å². The number of benzene rings is 2. The summed E-state index contributed by atoms with van der Waals surface area (Å²) in [6.07, 6.45) is 2.34. The van der Waals surface area contributed by atoms with Crippen molar-refractivity contribution in [3.63, 3.8) is 0 Å². The van der Waals surface area contributed by atoms with Crippen molar-refractivity contribution in [1.29, 1.82) is 5.26 Å². The molecular formula is C22H19F2N3O2. The van der Waals surface area contributed by atoms with Gasteiger partial charge in [0.05, 0.1) is 22.9 Å². The molecule has 2 atom stereocenters. The van der Waals surface area contributed by atoms with E-state index in [-0.39, 0.29) is 17.8 Å². The van der Waals surface area contributed by atoms with E-state index in [1.165, 1.54) is 18.3 Å². The Labute approximate surface area is 166 Å². The topological polar surface area (TPSA) is 67.2 Å². The molecule has 0 spiro atoms. The van der Waals surface area contributed by atoms with Crippen molar-refractivity contribution in [2.24, 2.45) is 5.92 Å². The van der Waals surface area contributed by atoms with Crippen LogP contribution < -0.4 is 10.1 Å². The first-order valence-electron chi connectivity index (χ1n) is 9.34. The molecule has 1 aliphatic rings. The molecule has 7 heteroatoms. The molecule has 0 aliphatic carbocycles. The Morgan fingerprint density at radius 3 is 2.83 bits per heavy atom. The Balaban J connectivity index is 1.62. The van der Waals surface area contributed by atoms with Crippen LogP contribution >= 0.6 is 0 Å². The van der Waals surface area contributed by atoms with Gasteiger partial charge in [-0.2, -0.15) is 14.0 Å². The van der Waals surface area contributed by atoms with Crippen LogP contribution in [0.4, 0.5) is 14.5 Å². The Kier molecular flexibility index (Phi) is 5.54. The maximum atomic E-state index is 12.6. The standard InChI is InChI=1S/C22H19F2N3O2/c23-22(24)29-17-6-7-19-18(10-17)20(16(11-25)13-26-19)27-12-15-8-9-28-21(15)14-4-2-1-3-5-14/h1-7,10,13,15,21-22H,8-9,12H2,(H,26,27). The molecular weight excluding hydrogens is 376 g/mol. The number of nitrogens with one attached hydrogen (secondary N) is 1. The summed E-state index contributed by atoms with van der Waals surface area (Å²) < 4.78 is 35.6. The van der Waals surface area contributed by atoms with Crippen LogP contribution in [0, 0.1) is 17.2 Å². The number of nitriles is 1. The van der Waals surface area contributed by atoms with E-state index in [0.717, 1.165) is 12.0 Å². The fourth-order valence-corrected chi connectivity index (χ4v) is 3.71. The van der Waals surface area contributed by atoms with Crippen molar-refractivity contribution in [2.45, 2.75) is 19.1 Å². The molecule has 29 heavy (non-hydrogen) atoms. The highest BCUT2D eigenvalue weighted by atomic mass is 19.3. The molecule has 0 amide bonds. The van der Waals surface area contributed by atoms with E-state index in [2.05, 4.69) is 21.1 Å². The summed E-state index contributed by atoms with van der Waals surface area (Å²) in [6, 6.07) is 16.7. The lowest BCUT2D eigenvalue weighted by Gasteiger charge is -2.21. The average molecular weight is 395 g/mol. The summed E-state index contributed by atoms with van der Waals surface area (Å²) in [5, 5.41) is 13.4. The molecule has 148 valence electrons. The molecule has 2 aromatic carbocycles. The van der Waals surface area contributed by atoms with E-state index in [4.69, 9.17) is 4.74 Å². The van der Waals surface area contributed by atoms with Crippen LogP contribution in [0.25, 0.3) is 10.9 Å². The summed E-state index contributed by atoms with van der Waals surface area (Å²) in [7, 11) is 0. The van der Waals surface area contributed by atoms with Gasteiger partial charge in [-0.25, -0.2) is 0 Å². The van der Waals surface area contributed by atoms with E-state index >= 15 is 0 Å². The Bertz CT molecular complexity index is 1040. The largest absolute Gasteiger partial charge is 0.435 e. The SMILES string of the molecule is N#Cc1cnc2ccc(OC(F)F)cc2c1NCC1CCOC1c1ccccc1. The van der Waals surface area contributed by atoms with E-state index < -0.39 is 6.61 Å². The van der Waals surface area contributed by atoms with E-state index in [1.807, 2.05) is 30.3 Å². The van der Waals surface area contributed by atoms with Gasteiger partial charge in [0, 0.05) is 30.7 Å². The van der Waals surface area contributed by atoms with E-state index in [1.54, 1.807) is 6.07 Å². The Morgan fingerprint density at radius 2 is 2.07 bits per heavy atom. The zero-order chi connectivity index (χ0) is 20.2. The van der Waals surface area contributed by atoms with Crippen LogP contribution in [0.15, 0.2) is 54.7 Å². The van der Waals surface area contributed by atoms with Crippen LogP contribution in [-0.4, -0.2) is 24.7 Å². The van der Waals surface area contributed by atoms with Crippen LogP contribution in [0.5, 0.6) is 5.75 Å². The van der Waals surface area contributed by atoms with Gasteiger partial charge in [-0.05, 0) is 30.2 Å². The van der Waals surface area contributed by atoms with Crippen molar-refractivity contribution in [2.75, 3.05) is 18.5 Å². The average Bonchev–Trinajstić information content (AvgIpc) is 3.20. The lowest BCUT2D eigenvalue weighted by molar-refractivity contribution is -0.0497. The molecule has 1 N–H and O–H groups in total. The highest BCUT2D eigenvalue weighted by molar-refractivity contribution is 5.94. The number of hydrogen-bond donors (Lipinski definition) is 1. The summed E-state index contributed by atoms with van der Waals surface area (Å²) in [6.45, 7) is -1.67. The summed E-state index contributed by atoms with van der Waals surface area (Å²) in [5.74, 6) is 0.242. The van der Waals surface area contributed by atoms with Gasteiger partial charge in [-0.3, -0.25) is 4.98 Å². The first-order valence-corrected chi connectivity index (χ1v) is 9.34. The maximum absolute atomic E-state index is 12.6. The van der Waals surface area contributed by atoms with Crippen LogP contribution in [0.1, 0.15) is 23.7 Å². The number of anilines is 1. The highest BCUT2D eigenvalue weighted by Gasteiger charge is 2.29. The predicted molar refractivity (Wildman–Crippen MR) is 105 cm³/mol. The molecule has 1 fully saturated rings. The molecule has 2 unspecified atom stereocenters. The number of fused-ring (bicyclic) bond motifs is 1. The number of aromatic nitrogens is 1. The summed E-state index contributed by atoms with van der Waals surface area (Å²) >= 11 is 0. The normalized spacial score (nSPS) is 18.7. The van der Waals surface area contributed by atoms with Gasteiger partial charge < -0.3 is 14.8 Å². The highest BCUT2D eigenvalue weighted by Crippen LogP contribution is 2.36. The van der Waals surface area contributed by atoms with E-state index in [0.29, 0.717) is 35.3 Å². The number of rotatable bonds is 6. The van der Waals surface area contributed by atoms with Crippen LogP contribution in [0.2, 0.25) is 0 Å². The molecule has 1 aromatic heterocycles. The summed E-state index contributed by atoms with van der Waals surface area (Å²) in [5.41, 5.74) is 2.62.